The maximum absolute atomic E-state index is 11.5. The van der Waals surface area contributed by atoms with Crippen LogP contribution in [-0.4, -0.2) is 11.5 Å². The van der Waals surface area contributed by atoms with Crippen molar-refractivity contribution < 1.29 is 13.2 Å². The second kappa shape index (κ2) is 4.99. The third kappa shape index (κ3) is 8.27. The Morgan fingerprint density at radius 3 is 2.20 bits per heavy atom. The second-order valence-corrected chi connectivity index (χ2v) is 2.71. The molecule has 0 saturated heterocycles. The van der Waals surface area contributed by atoms with Crippen molar-refractivity contribution >= 4 is 15.9 Å². The Balaban J connectivity index is 3.04. The molecule has 0 aromatic carbocycles. The predicted molar refractivity (Wildman–Crippen MR) is 38.0 cm³/mol. The van der Waals surface area contributed by atoms with Crippen LogP contribution in [0.25, 0.3) is 0 Å². The molecule has 0 rings (SSSR count). The Morgan fingerprint density at radius 1 is 1.20 bits per heavy atom. The van der Waals surface area contributed by atoms with Crippen LogP contribution >= 0.6 is 15.9 Å². The van der Waals surface area contributed by atoms with Crippen molar-refractivity contribution in [2.75, 3.05) is 5.33 Å². The maximum Gasteiger partial charge on any atom is 0.389 e. The summed E-state index contributed by atoms with van der Waals surface area (Å²) in [5, 5.41) is 0.741. The largest absolute Gasteiger partial charge is 0.389 e. The number of hydrogen-bond donors (Lipinski definition) is 0. The number of hydrogen-bond acceptors (Lipinski definition) is 0. The zero-order chi connectivity index (χ0) is 8.04. The van der Waals surface area contributed by atoms with Crippen LogP contribution in [0.4, 0.5) is 13.2 Å². The minimum atomic E-state index is -4.00. The minimum Gasteiger partial charge on any atom is -0.171 e. The lowest BCUT2D eigenvalue weighted by Crippen LogP contribution is -2.06. The molecule has 0 aromatic rings. The van der Waals surface area contributed by atoms with Gasteiger partial charge in [-0.15, -0.1) is 0 Å². The van der Waals surface area contributed by atoms with Crippen molar-refractivity contribution in [3.63, 3.8) is 0 Å². The van der Waals surface area contributed by atoms with Gasteiger partial charge in [0, 0.05) is 11.8 Å². The fourth-order valence-corrected chi connectivity index (χ4v) is 0.811. The van der Waals surface area contributed by atoms with Gasteiger partial charge in [-0.25, -0.2) is 0 Å². The van der Waals surface area contributed by atoms with E-state index in [1.165, 1.54) is 0 Å². The van der Waals surface area contributed by atoms with E-state index in [1.807, 2.05) is 0 Å². The first-order chi connectivity index (χ1) is 4.56. The molecule has 0 aliphatic heterocycles. The molecule has 0 saturated carbocycles. The van der Waals surface area contributed by atoms with E-state index in [4.69, 9.17) is 0 Å². The topological polar surface area (TPSA) is 0 Å². The zero-order valence-electron chi connectivity index (χ0n) is 5.42. The van der Waals surface area contributed by atoms with E-state index < -0.39 is 12.6 Å². The molecular weight excluding hydrogens is 209 g/mol. The van der Waals surface area contributed by atoms with Crippen molar-refractivity contribution in [2.24, 2.45) is 0 Å². The first kappa shape index (κ1) is 10.3. The second-order valence-electron chi connectivity index (χ2n) is 1.92. The molecule has 0 aliphatic rings. The highest BCUT2D eigenvalue weighted by Gasteiger charge is 2.25. The predicted octanol–water partition coefficient (Wildman–Crippen LogP) is 3.32. The first-order valence-electron chi connectivity index (χ1n) is 3.00. The van der Waals surface area contributed by atoms with Gasteiger partial charge < -0.3 is 0 Å². The van der Waals surface area contributed by atoms with E-state index in [0.717, 1.165) is 5.33 Å². The molecule has 61 valence electrons. The Bertz CT molecular complexity index is 79.6. The summed E-state index contributed by atoms with van der Waals surface area (Å²) in [5.74, 6) is 0. The van der Waals surface area contributed by atoms with E-state index in [0.29, 0.717) is 6.42 Å². The molecule has 1 radical (unpaired) electrons. The Kier molecular flexibility index (Phi) is 5.13. The quantitative estimate of drug-likeness (QED) is 0.501. The van der Waals surface area contributed by atoms with Crippen LogP contribution < -0.4 is 0 Å². The highest BCUT2D eigenvalue weighted by Crippen LogP contribution is 2.22. The summed E-state index contributed by atoms with van der Waals surface area (Å²) < 4.78 is 34.4. The van der Waals surface area contributed by atoms with Gasteiger partial charge in [-0.05, 0) is 19.3 Å². The third-order valence-electron chi connectivity index (χ3n) is 0.945. The van der Waals surface area contributed by atoms with Gasteiger partial charge in [0.1, 0.15) is 0 Å². The Labute approximate surface area is 66.9 Å². The van der Waals surface area contributed by atoms with Crippen LogP contribution in [0.5, 0.6) is 0 Å². The summed E-state index contributed by atoms with van der Waals surface area (Å²) in [5.41, 5.74) is 0. The zero-order valence-corrected chi connectivity index (χ0v) is 7.00. The molecule has 0 nitrogen and oxygen atoms in total. The average Bonchev–Trinajstić information content (AvgIpc) is 1.78. The van der Waals surface area contributed by atoms with Crippen molar-refractivity contribution in [3.8, 4) is 0 Å². The fourth-order valence-electron chi connectivity index (χ4n) is 0.487. The van der Waals surface area contributed by atoms with E-state index in [-0.39, 0.29) is 6.42 Å². The highest BCUT2D eigenvalue weighted by atomic mass is 79.9. The normalized spacial score (nSPS) is 12.0. The molecule has 4 heteroatoms. The molecule has 0 aliphatic carbocycles. The molecule has 0 N–H and O–H groups in total. The summed E-state index contributed by atoms with van der Waals surface area (Å²) in [6.07, 6.45) is -2.21. The molecule has 0 unspecified atom stereocenters. The van der Waals surface area contributed by atoms with Gasteiger partial charge in [-0.2, -0.15) is 13.2 Å². The van der Waals surface area contributed by atoms with Crippen LogP contribution in [0, 0.1) is 6.42 Å². The van der Waals surface area contributed by atoms with E-state index >= 15 is 0 Å². The maximum atomic E-state index is 11.5. The van der Waals surface area contributed by atoms with Gasteiger partial charge in [0.05, 0.1) is 0 Å². The molecule has 10 heavy (non-hydrogen) atoms. The summed E-state index contributed by atoms with van der Waals surface area (Å²) in [6, 6.07) is 0. The summed E-state index contributed by atoms with van der Waals surface area (Å²) in [7, 11) is 0. The van der Waals surface area contributed by atoms with Gasteiger partial charge >= 0.3 is 6.18 Å². The highest BCUT2D eigenvalue weighted by molar-refractivity contribution is 9.09. The van der Waals surface area contributed by atoms with Gasteiger partial charge in [0.15, 0.2) is 0 Å². The molecule has 0 aromatic heterocycles. The van der Waals surface area contributed by atoms with Crippen LogP contribution in [0.1, 0.15) is 19.3 Å². The molecule has 0 spiro atoms. The van der Waals surface area contributed by atoms with Crippen LogP contribution in [-0.2, 0) is 0 Å². The van der Waals surface area contributed by atoms with E-state index in [2.05, 4.69) is 15.9 Å². The third-order valence-corrected chi connectivity index (χ3v) is 1.40. The monoisotopic (exact) mass is 217 g/mol. The first-order valence-corrected chi connectivity index (χ1v) is 4.13. The number of unbranched alkanes of at least 4 members (excludes halogenated alkanes) is 2. The van der Waals surface area contributed by atoms with Gasteiger partial charge in [-0.1, -0.05) is 15.9 Å². The molecule has 0 heterocycles. The van der Waals surface area contributed by atoms with Gasteiger partial charge in [0.25, 0.3) is 0 Å². The van der Waals surface area contributed by atoms with E-state index in [1.54, 1.807) is 6.42 Å². The van der Waals surface area contributed by atoms with Gasteiger partial charge in [0.2, 0.25) is 0 Å². The van der Waals surface area contributed by atoms with Crippen molar-refractivity contribution in [3.05, 3.63) is 6.42 Å². The standard InChI is InChI=1S/C6H9BrF3/c7-5-3-1-2-4-6(8,9)10/h1H,2-5H2. The Morgan fingerprint density at radius 2 is 1.80 bits per heavy atom. The SMILES string of the molecule is FC(F)(F)CC[CH]CCBr. The van der Waals surface area contributed by atoms with Gasteiger partial charge in [-0.3, -0.25) is 0 Å². The summed E-state index contributed by atoms with van der Waals surface area (Å²) >= 11 is 3.12. The molecule has 0 fully saturated rings. The van der Waals surface area contributed by atoms with Crippen LogP contribution in [0.3, 0.4) is 0 Å². The average molecular weight is 218 g/mol. The lowest BCUT2D eigenvalue weighted by Gasteiger charge is -2.03. The summed E-state index contributed by atoms with van der Waals surface area (Å²) in [6.45, 7) is 0. The lowest BCUT2D eigenvalue weighted by molar-refractivity contribution is -0.134. The number of halogens is 4. The van der Waals surface area contributed by atoms with Crippen LogP contribution in [0.15, 0.2) is 0 Å². The molecule has 0 amide bonds. The number of rotatable bonds is 4. The van der Waals surface area contributed by atoms with E-state index in [9.17, 15) is 13.2 Å². The molecule has 0 atom stereocenters. The fraction of sp³-hybridized carbons (Fsp3) is 0.833. The number of alkyl halides is 4. The summed E-state index contributed by atoms with van der Waals surface area (Å²) in [4.78, 5) is 0. The minimum absolute atomic E-state index is 0.134. The smallest absolute Gasteiger partial charge is 0.171 e. The lowest BCUT2D eigenvalue weighted by atomic mass is 10.2. The van der Waals surface area contributed by atoms with Crippen molar-refractivity contribution in [2.45, 2.75) is 25.4 Å². The molecule has 0 bridgehead atoms. The van der Waals surface area contributed by atoms with Crippen molar-refractivity contribution in [1.29, 1.82) is 0 Å². The Hall–Kier alpha value is 0.270. The van der Waals surface area contributed by atoms with Crippen molar-refractivity contribution in [1.82, 2.24) is 0 Å². The van der Waals surface area contributed by atoms with Crippen LogP contribution in [0.2, 0.25) is 0 Å². The molecular formula is C6H9BrF3.